The summed E-state index contributed by atoms with van der Waals surface area (Å²) < 4.78 is 11.8. The van der Waals surface area contributed by atoms with Crippen molar-refractivity contribution in [3.05, 3.63) is 35.0 Å². The topological polar surface area (TPSA) is 77.2 Å². The van der Waals surface area contributed by atoms with Gasteiger partial charge in [0, 0.05) is 21.9 Å². The third kappa shape index (κ3) is 2.88. The number of rotatable bonds is 3. The molecule has 3 aliphatic rings. The van der Waals surface area contributed by atoms with Crippen LogP contribution >= 0.6 is 0 Å². The zero-order valence-electron chi connectivity index (χ0n) is 17.6. The number of furan rings is 1. The number of hydrogen-bond donors (Lipinski definition) is 1. The lowest BCUT2D eigenvalue weighted by atomic mass is 9.42. The van der Waals surface area contributed by atoms with E-state index in [1.165, 1.54) is 24.8 Å². The highest BCUT2D eigenvalue weighted by atomic mass is 16.6. The third-order valence-corrected chi connectivity index (χ3v) is 6.33. The van der Waals surface area contributed by atoms with E-state index in [4.69, 9.17) is 9.15 Å². The fourth-order valence-electron chi connectivity index (χ4n) is 4.92. The fourth-order valence-corrected chi connectivity index (χ4v) is 4.92. The van der Waals surface area contributed by atoms with Gasteiger partial charge in [0.1, 0.15) is 16.7 Å². The molecule has 1 atom stereocenters. The zero-order chi connectivity index (χ0) is 20.6. The first-order valence-electron chi connectivity index (χ1n) is 10.3. The van der Waals surface area contributed by atoms with Crippen LogP contribution in [-0.4, -0.2) is 21.9 Å². The van der Waals surface area contributed by atoms with Gasteiger partial charge in [-0.15, -0.1) is 5.10 Å². The van der Waals surface area contributed by atoms with E-state index in [2.05, 4.69) is 27.6 Å². The molecule has 1 aromatic carbocycles. The number of nitrogens with one attached hydrogen (secondary N) is 1. The smallest absolute Gasteiger partial charge is 0.408 e. The van der Waals surface area contributed by atoms with Crippen LogP contribution in [0.1, 0.15) is 69.7 Å². The predicted molar refractivity (Wildman–Crippen MR) is 111 cm³/mol. The van der Waals surface area contributed by atoms with Crippen molar-refractivity contribution in [2.24, 2.45) is 5.92 Å². The molecule has 0 aliphatic heterocycles. The average Bonchev–Trinajstić information content (AvgIpc) is 2.89. The van der Waals surface area contributed by atoms with Gasteiger partial charge in [-0.2, -0.15) is 5.10 Å². The van der Waals surface area contributed by atoms with Crippen LogP contribution in [0, 0.1) is 12.8 Å². The highest BCUT2D eigenvalue weighted by molar-refractivity contribution is 6.05. The van der Waals surface area contributed by atoms with Crippen molar-refractivity contribution in [3.63, 3.8) is 0 Å². The maximum absolute atomic E-state index is 12.3. The molecule has 3 fully saturated rings. The number of fused-ring (bicyclic) bond motifs is 3. The van der Waals surface area contributed by atoms with Crippen LogP contribution in [0.25, 0.3) is 22.1 Å². The molecule has 3 aliphatic carbocycles. The van der Waals surface area contributed by atoms with E-state index < -0.39 is 11.7 Å². The number of aromatic nitrogens is 2. The van der Waals surface area contributed by atoms with Crippen LogP contribution in [0.3, 0.4) is 0 Å². The molecule has 152 valence electrons. The van der Waals surface area contributed by atoms with Crippen molar-refractivity contribution in [3.8, 4) is 0 Å². The summed E-state index contributed by atoms with van der Waals surface area (Å²) >= 11 is 0. The van der Waals surface area contributed by atoms with E-state index in [1.807, 2.05) is 40.8 Å². The molecule has 29 heavy (non-hydrogen) atoms. The summed E-state index contributed by atoms with van der Waals surface area (Å²) in [4.78, 5) is 12.3. The fraction of sp³-hybridized carbons (Fsp3) is 0.522. The number of hydrogen-bond acceptors (Lipinski definition) is 5. The van der Waals surface area contributed by atoms with E-state index >= 15 is 0 Å². The number of ether oxygens (including phenoxy) is 1. The summed E-state index contributed by atoms with van der Waals surface area (Å²) in [5.41, 5.74) is 5.33. The number of amides is 1. The molecule has 0 unspecified atom stereocenters. The van der Waals surface area contributed by atoms with Gasteiger partial charge in [0.2, 0.25) is 0 Å². The third-order valence-electron chi connectivity index (χ3n) is 6.33. The molecule has 0 radical (unpaired) electrons. The molecule has 6 rings (SSSR count). The number of carbonyl (C=O) groups is 1. The lowest BCUT2D eigenvalue weighted by Gasteiger charge is -2.61. The SMILES string of the molecule is Cc1cc([C@@H](C)NC(=O)OC(C)(C)C)c2oc3c(C45CC(C4)C5)cnnc3c2c1. The minimum Gasteiger partial charge on any atom is -0.454 e. The number of aryl methyl sites for hydroxylation is 1. The van der Waals surface area contributed by atoms with Crippen LogP contribution in [0.15, 0.2) is 22.7 Å². The van der Waals surface area contributed by atoms with Crippen molar-refractivity contribution >= 4 is 28.2 Å². The molecule has 6 heteroatoms. The second-order valence-corrected chi connectivity index (χ2v) is 9.90. The Kier molecular flexibility index (Phi) is 3.77. The molecule has 3 saturated carbocycles. The standard InChI is InChI=1S/C23H27N3O3/c1-12-6-15(13(2)25-21(27)29-22(3,4)5)19-16(7-12)18-20(28-19)17(11-24-26-18)23-8-14(9-23)10-23/h6-7,11,13-14H,8-10H2,1-5H3,(H,25,27)/t13-,14?,23?/m1/s1. The predicted octanol–water partition coefficient (Wildman–Crippen LogP) is 5.32. The van der Waals surface area contributed by atoms with Crippen LogP contribution < -0.4 is 5.32 Å². The number of alkyl carbamates (subject to hydrolysis) is 1. The Morgan fingerprint density at radius 2 is 2.00 bits per heavy atom. The van der Waals surface area contributed by atoms with Crippen LogP contribution in [0.5, 0.6) is 0 Å². The van der Waals surface area contributed by atoms with Crippen molar-refractivity contribution in [1.29, 1.82) is 0 Å². The minimum absolute atomic E-state index is 0.238. The highest BCUT2D eigenvalue weighted by Gasteiger charge is 2.58. The summed E-state index contributed by atoms with van der Waals surface area (Å²) in [5, 5.41) is 12.6. The Bertz CT molecular complexity index is 1120. The first kappa shape index (κ1) is 18.4. The van der Waals surface area contributed by atoms with Gasteiger partial charge in [0.05, 0.1) is 12.2 Å². The molecule has 0 spiro atoms. The van der Waals surface area contributed by atoms with Crippen LogP contribution in [-0.2, 0) is 10.2 Å². The van der Waals surface area contributed by atoms with Gasteiger partial charge in [-0.05, 0) is 71.4 Å². The second kappa shape index (κ2) is 5.94. The molecule has 2 bridgehead atoms. The van der Waals surface area contributed by atoms with Crippen molar-refractivity contribution in [1.82, 2.24) is 15.5 Å². The van der Waals surface area contributed by atoms with E-state index in [1.54, 1.807) is 0 Å². The van der Waals surface area contributed by atoms with Gasteiger partial charge in [-0.1, -0.05) is 6.07 Å². The van der Waals surface area contributed by atoms with Gasteiger partial charge in [0.15, 0.2) is 5.58 Å². The van der Waals surface area contributed by atoms with Gasteiger partial charge < -0.3 is 14.5 Å². The highest BCUT2D eigenvalue weighted by Crippen LogP contribution is 2.66. The van der Waals surface area contributed by atoms with Crippen molar-refractivity contribution < 1.29 is 13.9 Å². The first-order valence-corrected chi connectivity index (χ1v) is 10.3. The number of carbonyl (C=O) groups excluding carboxylic acids is 1. The van der Waals surface area contributed by atoms with E-state index in [0.29, 0.717) is 0 Å². The second-order valence-electron chi connectivity index (χ2n) is 9.90. The van der Waals surface area contributed by atoms with Crippen molar-refractivity contribution in [2.75, 3.05) is 0 Å². The Balaban J connectivity index is 1.58. The van der Waals surface area contributed by atoms with Gasteiger partial charge in [0.25, 0.3) is 0 Å². The number of nitrogens with zero attached hydrogens (tertiary/aromatic N) is 2. The Hall–Kier alpha value is -2.63. The Morgan fingerprint density at radius 3 is 2.62 bits per heavy atom. The average molecular weight is 393 g/mol. The maximum Gasteiger partial charge on any atom is 0.408 e. The number of benzene rings is 1. The molecule has 0 saturated heterocycles. The molecule has 1 amide bonds. The zero-order valence-corrected chi connectivity index (χ0v) is 17.6. The van der Waals surface area contributed by atoms with Gasteiger partial charge in [-0.3, -0.25) is 0 Å². The van der Waals surface area contributed by atoms with Crippen LogP contribution in [0.2, 0.25) is 0 Å². The normalized spacial score (nSPS) is 24.1. The first-order chi connectivity index (χ1) is 13.7. The van der Waals surface area contributed by atoms with Crippen LogP contribution in [0.4, 0.5) is 4.79 Å². The molecular formula is C23H27N3O3. The molecule has 2 aromatic heterocycles. The molecule has 2 heterocycles. The van der Waals surface area contributed by atoms with Gasteiger partial charge in [-0.25, -0.2) is 4.79 Å². The Morgan fingerprint density at radius 1 is 1.28 bits per heavy atom. The summed E-state index contributed by atoms with van der Waals surface area (Å²) in [6, 6.07) is 3.88. The molecule has 6 nitrogen and oxygen atoms in total. The van der Waals surface area contributed by atoms with E-state index in [9.17, 15) is 4.79 Å². The maximum atomic E-state index is 12.3. The quantitative estimate of drug-likeness (QED) is 0.651. The lowest BCUT2D eigenvalue weighted by molar-refractivity contribution is -0.0271. The molecule has 1 N–H and O–H groups in total. The Labute approximate surface area is 170 Å². The largest absolute Gasteiger partial charge is 0.454 e. The van der Waals surface area contributed by atoms with Crippen molar-refractivity contribution in [2.45, 2.75) is 70.9 Å². The summed E-state index contributed by atoms with van der Waals surface area (Å²) in [6.07, 6.45) is 5.13. The summed E-state index contributed by atoms with van der Waals surface area (Å²) in [7, 11) is 0. The molecule has 3 aromatic rings. The monoisotopic (exact) mass is 393 g/mol. The summed E-state index contributed by atoms with van der Waals surface area (Å²) in [5.74, 6) is 0.874. The molecular weight excluding hydrogens is 366 g/mol. The van der Waals surface area contributed by atoms with E-state index in [-0.39, 0.29) is 11.5 Å². The summed E-state index contributed by atoms with van der Waals surface area (Å²) in [6.45, 7) is 9.55. The minimum atomic E-state index is -0.543. The lowest BCUT2D eigenvalue weighted by Crippen LogP contribution is -2.55. The van der Waals surface area contributed by atoms with E-state index in [0.717, 1.165) is 39.1 Å². The van der Waals surface area contributed by atoms with Gasteiger partial charge >= 0.3 is 6.09 Å².